The van der Waals surface area contributed by atoms with Crippen molar-refractivity contribution in [1.29, 1.82) is 0 Å². The first-order valence-corrected chi connectivity index (χ1v) is 6.15. The van der Waals surface area contributed by atoms with E-state index < -0.39 is 6.03 Å². The van der Waals surface area contributed by atoms with Gasteiger partial charge in [0.05, 0.1) is 19.4 Å². The first-order valence-electron chi connectivity index (χ1n) is 6.15. The van der Waals surface area contributed by atoms with Gasteiger partial charge in [-0.25, -0.2) is 10.2 Å². The smallest absolute Gasteiger partial charge is 0.332 e. The van der Waals surface area contributed by atoms with Crippen LogP contribution in [0.3, 0.4) is 0 Å². The minimum atomic E-state index is -0.704. The van der Waals surface area contributed by atoms with Crippen molar-refractivity contribution in [2.24, 2.45) is 10.8 Å². The normalized spacial score (nSPS) is 10.4. The Kier molecular flexibility index (Phi) is 6.21. The average Bonchev–Trinajstić information content (AvgIpc) is 2.38. The molecule has 0 aromatic heterocycles. The van der Waals surface area contributed by atoms with Crippen molar-refractivity contribution in [3.05, 3.63) is 23.8 Å². The van der Waals surface area contributed by atoms with E-state index in [1.165, 1.54) is 6.21 Å². The van der Waals surface area contributed by atoms with E-state index in [0.717, 1.165) is 12.0 Å². The predicted molar refractivity (Wildman–Crippen MR) is 73.7 cm³/mol. The van der Waals surface area contributed by atoms with Crippen molar-refractivity contribution in [1.82, 2.24) is 5.43 Å². The van der Waals surface area contributed by atoms with Crippen molar-refractivity contribution in [2.75, 3.05) is 13.2 Å². The number of carbonyl (C=O) groups is 1. The van der Waals surface area contributed by atoms with Crippen LogP contribution in [0.2, 0.25) is 0 Å². The van der Waals surface area contributed by atoms with Crippen LogP contribution in [0.25, 0.3) is 0 Å². The molecule has 2 amide bonds. The maximum absolute atomic E-state index is 10.5. The highest BCUT2D eigenvalue weighted by atomic mass is 16.5. The molecule has 1 aromatic carbocycles. The van der Waals surface area contributed by atoms with Crippen molar-refractivity contribution in [3.63, 3.8) is 0 Å². The number of hydrazone groups is 1. The zero-order valence-corrected chi connectivity index (χ0v) is 11.2. The Morgan fingerprint density at radius 1 is 1.37 bits per heavy atom. The predicted octanol–water partition coefficient (Wildman–Crippen LogP) is 1.88. The SMILES string of the molecule is CCCOc1ccc(/C=N\NC(N)=O)cc1OCC. The zero-order chi connectivity index (χ0) is 14.1. The van der Waals surface area contributed by atoms with Crippen molar-refractivity contribution < 1.29 is 14.3 Å². The molecule has 1 rings (SSSR count). The molecule has 19 heavy (non-hydrogen) atoms. The van der Waals surface area contributed by atoms with Gasteiger partial charge in [-0.1, -0.05) is 6.92 Å². The Labute approximate surface area is 112 Å². The highest BCUT2D eigenvalue weighted by Gasteiger charge is 2.05. The standard InChI is InChI=1S/C13H19N3O3/c1-3-7-19-11-6-5-10(8-12(11)18-4-2)9-15-16-13(14)17/h5-6,8-9H,3-4,7H2,1-2H3,(H3,14,16,17)/b15-9-. The van der Waals surface area contributed by atoms with E-state index in [1.807, 2.05) is 26.0 Å². The van der Waals surface area contributed by atoms with Gasteiger partial charge in [0.25, 0.3) is 0 Å². The van der Waals surface area contributed by atoms with E-state index in [0.29, 0.717) is 24.7 Å². The molecule has 6 nitrogen and oxygen atoms in total. The summed E-state index contributed by atoms with van der Waals surface area (Å²) in [6.07, 6.45) is 2.41. The number of benzene rings is 1. The first-order chi connectivity index (χ1) is 9.17. The molecule has 1 aromatic rings. The summed E-state index contributed by atoms with van der Waals surface area (Å²) in [5.74, 6) is 1.35. The number of ether oxygens (including phenoxy) is 2. The molecule has 0 saturated carbocycles. The largest absolute Gasteiger partial charge is 0.490 e. The van der Waals surface area contributed by atoms with Crippen molar-refractivity contribution in [2.45, 2.75) is 20.3 Å². The van der Waals surface area contributed by atoms with E-state index in [4.69, 9.17) is 15.2 Å². The Balaban J connectivity index is 2.82. The highest BCUT2D eigenvalue weighted by molar-refractivity contribution is 5.82. The first kappa shape index (κ1) is 14.8. The van der Waals surface area contributed by atoms with Crippen LogP contribution in [0.1, 0.15) is 25.8 Å². The summed E-state index contributed by atoms with van der Waals surface area (Å²) >= 11 is 0. The van der Waals surface area contributed by atoms with Gasteiger partial charge in [-0.2, -0.15) is 5.10 Å². The third-order valence-electron chi connectivity index (χ3n) is 2.12. The third kappa shape index (κ3) is 5.29. The number of nitrogens with zero attached hydrogens (tertiary/aromatic N) is 1. The van der Waals surface area contributed by atoms with Crippen LogP contribution in [-0.4, -0.2) is 25.5 Å². The number of nitrogens with two attached hydrogens (primary N) is 1. The van der Waals surface area contributed by atoms with Gasteiger partial charge in [0, 0.05) is 0 Å². The molecule has 0 saturated heterocycles. The topological polar surface area (TPSA) is 85.9 Å². The number of nitrogens with one attached hydrogen (secondary N) is 1. The summed E-state index contributed by atoms with van der Waals surface area (Å²) < 4.78 is 11.1. The molecule has 0 unspecified atom stereocenters. The van der Waals surface area contributed by atoms with E-state index in [9.17, 15) is 4.79 Å². The third-order valence-corrected chi connectivity index (χ3v) is 2.12. The summed E-state index contributed by atoms with van der Waals surface area (Å²) in [7, 11) is 0. The van der Waals surface area contributed by atoms with Crippen LogP contribution in [-0.2, 0) is 0 Å². The maximum atomic E-state index is 10.5. The summed E-state index contributed by atoms with van der Waals surface area (Å²) in [6.45, 7) is 5.12. The minimum absolute atomic E-state index is 0.544. The zero-order valence-electron chi connectivity index (χ0n) is 11.2. The van der Waals surface area contributed by atoms with Gasteiger partial charge in [-0.05, 0) is 37.1 Å². The molecule has 0 atom stereocenters. The van der Waals surface area contributed by atoms with Crippen LogP contribution in [0.15, 0.2) is 23.3 Å². The lowest BCUT2D eigenvalue weighted by atomic mass is 10.2. The fourth-order valence-electron chi connectivity index (χ4n) is 1.37. The summed E-state index contributed by atoms with van der Waals surface area (Å²) in [5.41, 5.74) is 7.81. The van der Waals surface area contributed by atoms with Gasteiger partial charge in [0.15, 0.2) is 11.5 Å². The quantitative estimate of drug-likeness (QED) is 0.583. The van der Waals surface area contributed by atoms with Crippen LogP contribution in [0.4, 0.5) is 4.79 Å². The lowest BCUT2D eigenvalue weighted by Gasteiger charge is -2.11. The van der Waals surface area contributed by atoms with E-state index in [2.05, 4.69) is 10.5 Å². The lowest BCUT2D eigenvalue weighted by Crippen LogP contribution is -2.24. The number of rotatable bonds is 7. The molecular weight excluding hydrogens is 246 g/mol. The van der Waals surface area contributed by atoms with Crippen molar-refractivity contribution in [3.8, 4) is 11.5 Å². The van der Waals surface area contributed by atoms with E-state index in [1.54, 1.807) is 6.07 Å². The molecule has 0 fully saturated rings. The monoisotopic (exact) mass is 265 g/mol. The number of hydrogen-bond donors (Lipinski definition) is 2. The molecular formula is C13H19N3O3. The van der Waals surface area contributed by atoms with Gasteiger partial charge in [-0.15, -0.1) is 0 Å². The molecule has 0 aliphatic carbocycles. The lowest BCUT2D eigenvalue weighted by molar-refractivity contribution is 0.249. The molecule has 0 aliphatic rings. The Morgan fingerprint density at radius 3 is 2.79 bits per heavy atom. The molecule has 3 N–H and O–H groups in total. The Hall–Kier alpha value is -2.24. The summed E-state index contributed by atoms with van der Waals surface area (Å²) in [6, 6.07) is 4.72. The molecule has 0 spiro atoms. The number of primary amides is 1. The highest BCUT2D eigenvalue weighted by Crippen LogP contribution is 2.28. The minimum Gasteiger partial charge on any atom is -0.490 e. The van der Waals surface area contributed by atoms with Crippen LogP contribution >= 0.6 is 0 Å². The fourth-order valence-corrected chi connectivity index (χ4v) is 1.37. The molecule has 0 bridgehead atoms. The summed E-state index contributed by atoms with van der Waals surface area (Å²) in [4.78, 5) is 10.5. The van der Waals surface area contributed by atoms with Gasteiger partial charge in [0.2, 0.25) is 0 Å². The average molecular weight is 265 g/mol. The van der Waals surface area contributed by atoms with Gasteiger partial charge in [-0.3, -0.25) is 0 Å². The Morgan fingerprint density at radius 2 is 2.16 bits per heavy atom. The Bertz CT molecular complexity index is 447. The van der Waals surface area contributed by atoms with Crippen LogP contribution in [0.5, 0.6) is 11.5 Å². The second-order valence-corrected chi connectivity index (χ2v) is 3.72. The number of urea groups is 1. The van der Waals surface area contributed by atoms with Gasteiger partial charge in [0.1, 0.15) is 0 Å². The molecule has 0 radical (unpaired) electrons. The van der Waals surface area contributed by atoms with E-state index >= 15 is 0 Å². The van der Waals surface area contributed by atoms with Crippen molar-refractivity contribution >= 4 is 12.2 Å². The van der Waals surface area contributed by atoms with Gasteiger partial charge >= 0.3 is 6.03 Å². The second kappa shape index (κ2) is 7.97. The molecule has 104 valence electrons. The van der Waals surface area contributed by atoms with Crippen LogP contribution < -0.4 is 20.6 Å². The van der Waals surface area contributed by atoms with Crippen LogP contribution in [0, 0.1) is 0 Å². The number of hydrogen-bond acceptors (Lipinski definition) is 4. The second-order valence-electron chi connectivity index (χ2n) is 3.72. The number of carbonyl (C=O) groups excluding carboxylic acids is 1. The van der Waals surface area contributed by atoms with Gasteiger partial charge < -0.3 is 15.2 Å². The maximum Gasteiger partial charge on any atom is 0.332 e. The van der Waals surface area contributed by atoms with E-state index in [-0.39, 0.29) is 0 Å². The molecule has 0 heterocycles. The number of amides is 2. The molecule has 0 aliphatic heterocycles. The fraction of sp³-hybridized carbons (Fsp3) is 0.385. The summed E-state index contributed by atoms with van der Waals surface area (Å²) in [5, 5.41) is 3.69. The molecule has 6 heteroatoms.